The Hall–Kier alpha value is -1.38. The van der Waals surface area contributed by atoms with Crippen molar-refractivity contribution in [2.75, 3.05) is 0 Å². The zero-order chi connectivity index (χ0) is 30.9. The molecule has 1 unspecified atom stereocenters. The van der Waals surface area contributed by atoms with Gasteiger partial charge in [0.1, 0.15) is 0 Å². The SMILES string of the molecule is CC[C@@H](O)CC([C@@H](C)[C@H]1CC[C@H]2[C@@H]3CC=C4C[C@](O)(C(F)(F)F)CC[C@]4(C)[C@@]3(C)CC[C@]12C)S(=O)(=O)c1ccccc1. The van der Waals surface area contributed by atoms with Crippen LogP contribution in [-0.4, -0.2) is 41.8 Å². The molecule has 0 amide bonds. The Morgan fingerprint density at radius 3 is 2.29 bits per heavy atom. The first kappa shape index (κ1) is 32.0. The number of allylic oxidation sites excluding steroid dienone is 1. The van der Waals surface area contributed by atoms with Crippen molar-refractivity contribution >= 4 is 9.84 Å². The number of aliphatic hydroxyl groups excluding tert-OH is 1. The molecule has 1 aromatic carbocycles. The van der Waals surface area contributed by atoms with Gasteiger partial charge in [-0.05, 0) is 110 Å². The molecule has 2 N–H and O–H groups in total. The highest BCUT2D eigenvalue weighted by molar-refractivity contribution is 7.92. The smallest absolute Gasteiger partial charge is 0.393 e. The Balaban J connectivity index is 1.45. The van der Waals surface area contributed by atoms with Gasteiger partial charge in [0, 0.05) is 6.42 Å². The monoisotopic (exact) mass is 610 g/mol. The van der Waals surface area contributed by atoms with Crippen LogP contribution < -0.4 is 0 Å². The highest BCUT2D eigenvalue weighted by Crippen LogP contribution is 2.73. The molecule has 42 heavy (non-hydrogen) atoms. The standard InChI is InChI=1S/C34H49F3O4S/c1-6-24(38)20-29(42(40,41)25-10-8-7-9-11-25)22(2)26-14-15-27-28-13-12-23-21-33(39,34(35,36)37)19-18-31(23,4)32(28,5)17-16-30(26,27)3/h7-12,22,24,26-29,38-39H,6,13-21H2,1-5H3/t22-,24+,26+,27-,28-,29?,30+,31-,32-,33-/m0/s1. The van der Waals surface area contributed by atoms with Crippen LogP contribution in [0.3, 0.4) is 0 Å². The number of rotatable bonds is 7. The first-order valence-corrected chi connectivity index (χ1v) is 17.4. The van der Waals surface area contributed by atoms with Crippen LogP contribution in [0.15, 0.2) is 46.9 Å². The minimum Gasteiger partial charge on any atom is -0.393 e. The molecule has 0 saturated heterocycles. The van der Waals surface area contributed by atoms with Crippen LogP contribution in [0.4, 0.5) is 13.2 Å². The Morgan fingerprint density at radius 1 is 1.00 bits per heavy atom. The molecule has 0 heterocycles. The fourth-order valence-corrected chi connectivity index (χ4v) is 12.4. The second-order valence-corrected chi connectivity index (χ2v) is 17.0. The summed E-state index contributed by atoms with van der Waals surface area (Å²) < 4.78 is 69.5. The Morgan fingerprint density at radius 2 is 1.67 bits per heavy atom. The van der Waals surface area contributed by atoms with Gasteiger partial charge in [0.15, 0.2) is 15.4 Å². The lowest BCUT2D eigenvalue weighted by Crippen LogP contribution is -2.60. The number of aliphatic hydroxyl groups is 2. The van der Waals surface area contributed by atoms with Crippen molar-refractivity contribution in [1.29, 1.82) is 0 Å². The topological polar surface area (TPSA) is 74.6 Å². The first-order chi connectivity index (χ1) is 19.4. The molecule has 4 nitrogen and oxygen atoms in total. The third kappa shape index (κ3) is 4.72. The van der Waals surface area contributed by atoms with Crippen LogP contribution in [-0.2, 0) is 9.84 Å². The van der Waals surface area contributed by atoms with Crippen molar-refractivity contribution in [1.82, 2.24) is 0 Å². The summed E-state index contributed by atoms with van der Waals surface area (Å²) in [5.74, 6) is 0.652. The minimum absolute atomic E-state index is 0.0890. The van der Waals surface area contributed by atoms with E-state index in [-0.39, 0.29) is 41.9 Å². The molecule has 1 aromatic rings. The zero-order valence-corrected chi connectivity index (χ0v) is 26.6. The summed E-state index contributed by atoms with van der Waals surface area (Å²) in [6.45, 7) is 10.7. The minimum atomic E-state index is -4.64. The average Bonchev–Trinajstić information content (AvgIpc) is 3.29. The Bertz CT molecular complexity index is 1300. The van der Waals surface area contributed by atoms with Gasteiger partial charge in [0.05, 0.1) is 16.2 Å². The molecule has 3 fully saturated rings. The average molecular weight is 611 g/mol. The second kappa shape index (κ2) is 10.6. The maximum Gasteiger partial charge on any atom is 0.417 e. The van der Waals surface area contributed by atoms with Crippen molar-refractivity contribution < 1.29 is 31.8 Å². The number of halogens is 3. The lowest BCUT2D eigenvalue weighted by atomic mass is 9.40. The van der Waals surface area contributed by atoms with Crippen LogP contribution in [0.1, 0.15) is 98.8 Å². The van der Waals surface area contributed by atoms with E-state index >= 15 is 0 Å². The van der Waals surface area contributed by atoms with E-state index in [0.717, 1.165) is 31.3 Å². The molecule has 10 atom stereocenters. The molecule has 0 aliphatic heterocycles. The molecule has 236 valence electrons. The molecule has 0 aromatic heterocycles. The summed E-state index contributed by atoms with van der Waals surface area (Å²) >= 11 is 0. The quantitative estimate of drug-likeness (QED) is 0.308. The molecule has 4 aliphatic rings. The van der Waals surface area contributed by atoms with Gasteiger partial charge in [0.25, 0.3) is 0 Å². The van der Waals surface area contributed by atoms with Gasteiger partial charge in [-0.2, -0.15) is 13.2 Å². The predicted octanol–water partition coefficient (Wildman–Crippen LogP) is 7.89. The molecule has 8 heteroatoms. The summed E-state index contributed by atoms with van der Waals surface area (Å²) in [4.78, 5) is 0.301. The summed E-state index contributed by atoms with van der Waals surface area (Å²) in [5.41, 5.74) is -2.56. The number of benzene rings is 1. The number of hydrogen-bond donors (Lipinski definition) is 2. The van der Waals surface area contributed by atoms with Crippen LogP contribution in [0.25, 0.3) is 0 Å². The molecular formula is C34H49F3O4S. The van der Waals surface area contributed by atoms with Gasteiger partial charge in [-0.25, -0.2) is 8.42 Å². The summed E-state index contributed by atoms with van der Waals surface area (Å²) in [6, 6.07) is 8.59. The van der Waals surface area contributed by atoms with E-state index in [2.05, 4.69) is 27.7 Å². The van der Waals surface area contributed by atoms with Crippen molar-refractivity contribution in [3.05, 3.63) is 42.0 Å². The number of sulfone groups is 1. The van der Waals surface area contributed by atoms with Crippen molar-refractivity contribution in [2.45, 2.75) is 127 Å². The maximum absolute atomic E-state index is 14.0. The van der Waals surface area contributed by atoms with E-state index in [1.165, 1.54) is 0 Å². The normalized spacial score (nSPS) is 40.7. The number of hydrogen-bond acceptors (Lipinski definition) is 4. The fraction of sp³-hybridized carbons (Fsp3) is 0.765. The molecule has 3 saturated carbocycles. The molecule has 0 radical (unpaired) electrons. The Labute approximate surface area is 250 Å². The molecule has 5 rings (SSSR count). The second-order valence-electron chi connectivity index (χ2n) is 14.9. The summed E-state index contributed by atoms with van der Waals surface area (Å²) in [6.07, 6.45) is 1.47. The third-order valence-corrected chi connectivity index (χ3v) is 15.6. The molecule has 0 spiro atoms. The number of alkyl halides is 3. The van der Waals surface area contributed by atoms with Gasteiger partial charge in [-0.15, -0.1) is 0 Å². The van der Waals surface area contributed by atoms with Crippen LogP contribution in [0, 0.1) is 39.9 Å². The van der Waals surface area contributed by atoms with Crippen molar-refractivity contribution in [3.63, 3.8) is 0 Å². The van der Waals surface area contributed by atoms with Crippen LogP contribution in [0.2, 0.25) is 0 Å². The van der Waals surface area contributed by atoms with Crippen molar-refractivity contribution in [2.24, 2.45) is 39.9 Å². The summed E-state index contributed by atoms with van der Waals surface area (Å²) in [7, 11) is -3.68. The van der Waals surface area contributed by atoms with Crippen LogP contribution >= 0.6 is 0 Å². The Kier molecular flexibility index (Phi) is 8.09. The first-order valence-electron chi connectivity index (χ1n) is 15.9. The van der Waals surface area contributed by atoms with E-state index in [1.807, 2.05) is 13.0 Å². The van der Waals surface area contributed by atoms with Crippen molar-refractivity contribution in [3.8, 4) is 0 Å². The van der Waals surface area contributed by atoms with Gasteiger partial charge in [-0.3, -0.25) is 0 Å². The third-order valence-electron chi connectivity index (χ3n) is 13.3. The van der Waals surface area contributed by atoms with E-state index in [1.54, 1.807) is 30.3 Å². The van der Waals surface area contributed by atoms with Gasteiger partial charge in [-0.1, -0.05) is 64.5 Å². The van der Waals surface area contributed by atoms with E-state index in [4.69, 9.17) is 0 Å². The lowest BCUT2D eigenvalue weighted by molar-refractivity contribution is -0.273. The van der Waals surface area contributed by atoms with Gasteiger partial charge in [0.2, 0.25) is 0 Å². The van der Waals surface area contributed by atoms with E-state index in [9.17, 15) is 31.8 Å². The number of fused-ring (bicyclic) bond motifs is 5. The largest absolute Gasteiger partial charge is 0.417 e. The maximum atomic E-state index is 14.0. The zero-order valence-electron chi connectivity index (χ0n) is 25.8. The molecule has 4 aliphatic carbocycles. The highest BCUT2D eigenvalue weighted by Gasteiger charge is 2.67. The summed E-state index contributed by atoms with van der Waals surface area (Å²) in [5, 5.41) is 20.6. The molecule has 0 bridgehead atoms. The van der Waals surface area contributed by atoms with E-state index < -0.39 is 38.4 Å². The van der Waals surface area contributed by atoms with Gasteiger partial charge < -0.3 is 10.2 Å². The fourth-order valence-electron chi connectivity index (χ4n) is 10.2. The van der Waals surface area contributed by atoms with E-state index in [0.29, 0.717) is 36.0 Å². The lowest BCUT2D eigenvalue weighted by Gasteiger charge is -2.65. The predicted molar refractivity (Wildman–Crippen MR) is 158 cm³/mol. The highest BCUT2D eigenvalue weighted by atomic mass is 32.2. The molecular weight excluding hydrogens is 561 g/mol. The van der Waals surface area contributed by atoms with Crippen LogP contribution in [0.5, 0.6) is 0 Å². The van der Waals surface area contributed by atoms with Gasteiger partial charge >= 0.3 is 6.18 Å².